The van der Waals surface area contributed by atoms with E-state index in [2.05, 4.69) is 10.1 Å². The van der Waals surface area contributed by atoms with Gasteiger partial charge in [-0.05, 0) is 12.8 Å². The molecule has 0 aromatic rings. The number of aliphatic hydroxyl groups excluding tert-OH is 4. The summed E-state index contributed by atoms with van der Waals surface area (Å²) >= 11 is 0. The molecule has 0 aromatic carbocycles. The molecule has 1 amide bonds. The molecule has 1 aliphatic rings. The molecule has 154 valence electrons. The van der Waals surface area contributed by atoms with Crippen LogP contribution in [0.5, 0.6) is 0 Å². The third-order valence-corrected chi connectivity index (χ3v) is 3.85. The Morgan fingerprint density at radius 1 is 1.08 bits per heavy atom. The fourth-order valence-electron chi connectivity index (χ4n) is 2.41. The van der Waals surface area contributed by atoms with Crippen LogP contribution in [0, 0.1) is 0 Å². The molecule has 0 radical (unpaired) electrons. The van der Waals surface area contributed by atoms with Gasteiger partial charge in [-0.3, -0.25) is 4.79 Å². The lowest BCUT2D eigenvalue weighted by atomic mass is 10.0. The fourth-order valence-corrected chi connectivity index (χ4v) is 2.41. The number of hydrogen-bond donors (Lipinski definition) is 5. The molecule has 1 unspecified atom stereocenters. The average Bonchev–Trinajstić information content (AvgIpc) is 2.63. The van der Waals surface area contributed by atoms with E-state index in [4.69, 9.17) is 24.4 Å². The van der Waals surface area contributed by atoms with Crippen LogP contribution in [-0.2, 0) is 23.7 Å². The molecule has 1 saturated heterocycles. The van der Waals surface area contributed by atoms with Gasteiger partial charge in [0.25, 0.3) is 0 Å². The van der Waals surface area contributed by atoms with Crippen molar-refractivity contribution in [2.45, 2.75) is 50.3 Å². The molecular formula is C16H31NO9. The molecule has 0 aliphatic carbocycles. The lowest BCUT2D eigenvalue weighted by Gasteiger charge is -2.36. The predicted molar refractivity (Wildman–Crippen MR) is 89.0 cm³/mol. The first-order chi connectivity index (χ1) is 12.6. The average molecular weight is 381 g/mol. The molecule has 0 spiro atoms. The second-order valence-electron chi connectivity index (χ2n) is 5.91. The van der Waals surface area contributed by atoms with Crippen molar-refractivity contribution >= 4 is 5.91 Å². The molecule has 26 heavy (non-hydrogen) atoms. The monoisotopic (exact) mass is 381 g/mol. The number of hydrogen-bond acceptors (Lipinski definition) is 9. The minimum absolute atomic E-state index is 0.0759. The summed E-state index contributed by atoms with van der Waals surface area (Å²) in [5, 5.41) is 39.5. The summed E-state index contributed by atoms with van der Waals surface area (Å²) in [7, 11) is 0. The van der Waals surface area contributed by atoms with Gasteiger partial charge in [0.05, 0.1) is 32.5 Å². The third kappa shape index (κ3) is 9.74. The van der Waals surface area contributed by atoms with Crippen LogP contribution in [0.2, 0.25) is 0 Å². The number of amides is 1. The van der Waals surface area contributed by atoms with Crippen molar-refractivity contribution in [3.63, 3.8) is 0 Å². The van der Waals surface area contributed by atoms with Gasteiger partial charge in [0.1, 0.15) is 19.0 Å². The van der Waals surface area contributed by atoms with Crippen molar-refractivity contribution in [3.05, 3.63) is 0 Å². The summed E-state index contributed by atoms with van der Waals surface area (Å²) in [5.41, 5.74) is 0. The zero-order chi connectivity index (χ0) is 19.2. The Balaban J connectivity index is 1.97. The van der Waals surface area contributed by atoms with Crippen molar-refractivity contribution in [1.82, 2.24) is 5.32 Å². The smallest absolute Gasteiger partial charge is 0.220 e. The van der Waals surface area contributed by atoms with E-state index >= 15 is 0 Å². The second-order valence-corrected chi connectivity index (χ2v) is 5.91. The van der Waals surface area contributed by atoms with E-state index in [0.717, 1.165) is 0 Å². The quantitative estimate of drug-likeness (QED) is 0.172. The topological polar surface area (TPSA) is 147 Å². The van der Waals surface area contributed by atoms with Gasteiger partial charge in [-0.25, -0.2) is 0 Å². The molecule has 1 fully saturated rings. The van der Waals surface area contributed by atoms with Gasteiger partial charge >= 0.3 is 0 Å². The Morgan fingerprint density at radius 2 is 1.85 bits per heavy atom. The van der Waals surface area contributed by atoms with Crippen LogP contribution in [0.1, 0.15) is 25.7 Å². The summed E-state index contributed by atoms with van der Waals surface area (Å²) in [6.45, 7) is 1.09. The lowest BCUT2D eigenvalue weighted by molar-refractivity contribution is -0.256. The SMILES string of the molecule is O=C(CCCCO[C@H]1CC(O)[C@@H](O)[C@@H](CO)O1)NCCOCCOCO. The first kappa shape index (κ1) is 23.2. The maximum absolute atomic E-state index is 11.6. The molecule has 1 aliphatic heterocycles. The molecule has 0 aromatic heterocycles. The highest BCUT2D eigenvalue weighted by atomic mass is 16.7. The van der Waals surface area contributed by atoms with Gasteiger partial charge in [-0.15, -0.1) is 0 Å². The molecule has 0 saturated carbocycles. The molecular weight excluding hydrogens is 350 g/mol. The van der Waals surface area contributed by atoms with Crippen molar-refractivity contribution < 1.29 is 44.2 Å². The van der Waals surface area contributed by atoms with Crippen molar-refractivity contribution in [2.75, 3.05) is 46.4 Å². The predicted octanol–water partition coefficient (Wildman–Crippen LogP) is -1.90. The number of rotatable bonds is 14. The van der Waals surface area contributed by atoms with Crippen molar-refractivity contribution in [3.8, 4) is 0 Å². The molecule has 5 N–H and O–H groups in total. The van der Waals surface area contributed by atoms with Gasteiger partial charge in [-0.2, -0.15) is 0 Å². The fraction of sp³-hybridized carbons (Fsp3) is 0.938. The molecule has 10 heteroatoms. The molecule has 4 atom stereocenters. The largest absolute Gasteiger partial charge is 0.394 e. The van der Waals surface area contributed by atoms with Crippen LogP contribution in [0.3, 0.4) is 0 Å². The van der Waals surface area contributed by atoms with Gasteiger partial charge < -0.3 is 44.7 Å². The Bertz CT molecular complexity index is 372. The maximum Gasteiger partial charge on any atom is 0.220 e. The van der Waals surface area contributed by atoms with Crippen LogP contribution in [0.4, 0.5) is 0 Å². The van der Waals surface area contributed by atoms with E-state index in [-0.39, 0.29) is 19.1 Å². The molecule has 10 nitrogen and oxygen atoms in total. The minimum Gasteiger partial charge on any atom is -0.394 e. The zero-order valence-electron chi connectivity index (χ0n) is 14.9. The second kappa shape index (κ2) is 14.2. The highest BCUT2D eigenvalue weighted by Gasteiger charge is 2.36. The summed E-state index contributed by atoms with van der Waals surface area (Å²) < 4.78 is 20.7. The Hall–Kier alpha value is -0.850. The van der Waals surface area contributed by atoms with E-state index in [9.17, 15) is 15.0 Å². The Morgan fingerprint density at radius 3 is 2.58 bits per heavy atom. The zero-order valence-corrected chi connectivity index (χ0v) is 14.9. The van der Waals surface area contributed by atoms with Crippen LogP contribution < -0.4 is 5.32 Å². The lowest BCUT2D eigenvalue weighted by Crippen LogP contribution is -2.50. The van der Waals surface area contributed by atoms with Crippen molar-refractivity contribution in [2.24, 2.45) is 0 Å². The number of carbonyl (C=O) groups excluding carboxylic acids is 1. The van der Waals surface area contributed by atoms with Crippen LogP contribution in [0.15, 0.2) is 0 Å². The summed E-state index contributed by atoms with van der Waals surface area (Å²) in [5.74, 6) is -0.0759. The first-order valence-electron chi connectivity index (χ1n) is 8.85. The normalized spacial score (nSPS) is 26.0. The van der Waals surface area contributed by atoms with Crippen LogP contribution in [-0.4, -0.2) is 97.3 Å². The Kier molecular flexibility index (Phi) is 12.7. The van der Waals surface area contributed by atoms with Gasteiger partial charge in [0, 0.05) is 26.0 Å². The highest BCUT2D eigenvalue weighted by molar-refractivity contribution is 5.75. The molecule has 0 bridgehead atoms. The van der Waals surface area contributed by atoms with E-state index in [1.165, 1.54) is 0 Å². The van der Waals surface area contributed by atoms with E-state index in [1.807, 2.05) is 0 Å². The molecule has 1 rings (SSSR count). The third-order valence-electron chi connectivity index (χ3n) is 3.85. The number of aliphatic hydroxyl groups is 4. The molecule has 1 heterocycles. The standard InChI is InChI=1S/C16H31NO9/c18-10-13-16(22)12(20)9-15(26-13)25-5-2-1-3-14(21)17-4-6-23-7-8-24-11-19/h12-13,15-16,18-20,22H,1-11H2,(H,17,21)/t12?,13-,15-,16-/m1/s1. The van der Waals surface area contributed by atoms with E-state index in [1.54, 1.807) is 0 Å². The first-order valence-corrected chi connectivity index (χ1v) is 8.85. The van der Waals surface area contributed by atoms with Gasteiger partial charge in [-0.1, -0.05) is 0 Å². The number of nitrogens with one attached hydrogen (secondary N) is 1. The number of ether oxygens (including phenoxy) is 4. The number of carbonyl (C=O) groups is 1. The summed E-state index contributed by atoms with van der Waals surface area (Å²) in [6, 6.07) is 0. The van der Waals surface area contributed by atoms with Crippen molar-refractivity contribution in [1.29, 1.82) is 0 Å². The Labute approximate surface area is 153 Å². The summed E-state index contributed by atoms with van der Waals surface area (Å²) in [6.07, 6.45) is -1.85. The van der Waals surface area contributed by atoms with Gasteiger partial charge in [0.2, 0.25) is 5.91 Å². The summed E-state index contributed by atoms with van der Waals surface area (Å²) in [4.78, 5) is 11.6. The van der Waals surface area contributed by atoms with E-state index < -0.39 is 31.2 Å². The minimum atomic E-state index is -1.12. The van der Waals surface area contributed by atoms with Crippen LogP contribution in [0.25, 0.3) is 0 Å². The van der Waals surface area contributed by atoms with Crippen LogP contribution >= 0.6 is 0 Å². The highest BCUT2D eigenvalue weighted by Crippen LogP contribution is 2.21. The number of unbranched alkanes of at least 4 members (excludes halogenated alkanes) is 1. The van der Waals surface area contributed by atoms with Gasteiger partial charge in [0.15, 0.2) is 6.29 Å². The maximum atomic E-state index is 11.6. The van der Waals surface area contributed by atoms with E-state index in [0.29, 0.717) is 52.2 Å².